The highest BCUT2D eigenvalue weighted by Gasteiger charge is 2.35. The summed E-state index contributed by atoms with van der Waals surface area (Å²) in [7, 11) is 2.97. The van der Waals surface area contributed by atoms with Gasteiger partial charge < -0.3 is 20.1 Å². The van der Waals surface area contributed by atoms with Crippen molar-refractivity contribution in [1.29, 1.82) is 0 Å². The molecule has 0 unspecified atom stereocenters. The number of carbonyl (C=O) groups excluding carboxylic acids is 3. The molecular formula is C20H18FN3O5. The zero-order chi connectivity index (χ0) is 21.0. The Morgan fingerprint density at radius 2 is 1.93 bits per heavy atom. The zero-order valence-electron chi connectivity index (χ0n) is 15.7. The van der Waals surface area contributed by atoms with Gasteiger partial charge in [-0.25, -0.2) is 14.1 Å². The predicted octanol–water partition coefficient (Wildman–Crippen LogP) is 2.37. The van der Waals surface area contributed by atoms with Crippen LogP contribution in [0.4, 0.5) is 14.9 Å². The lowest BCUT2D eigenvalue weighted by Crippen LogP contribution is -2.38. The highest BCUT2D eigenvalue weighted by Crippen LogP contribution is 2.27. The highest BCUT2D eigenvalue weighted by atomic mass is 19.1. The number of carbonyl (C=O) groups is 3. The number of ether oxygens (including phenoxy) is 2. The smallest absolute Gasteiger partial charge is 0.329 e. The van der Waals surface area contributed by atoms with Crippen LogP contribution in [0.25, 0.3) is 6.08 Å². The van der Waals surface area contributed by atoms with Crippen LogP contribution in [0.2, 0.25) is 0 Å². The summed E-state index contributed by atoms with van der Waals surface area (Å²) in [4.78, 5) is 37.6. The Labute approximate surface area is 165 Å². The van der Waals surface area contributed by atoms with Crippen molar-refractivity contribution in [2.75, 3.05) is 26.1 Å². The number of amides is 4. The first kappa shape index (κ1) is 19.9. The Hall–Kier alpha value is -3.88. The van der Waals surface area contributed by atoms with Gasteiger partial charge in [-0.05, 0) is 36.4 Å². The largest absolute Gasteiger partial charge is 0.497 e. The van der Waals surface area contributed by atoms with Gasteiger partial charge in [0.2, 0.25) is 5.91 Å². The van der Waals surface area contributed by atoms with Gasteiger partial charge in [-0.1, -0.05) is 12.1 Å². The van der Waals surface area contributed by atoms with Crippen LogP contribution in [0.1, 0.15) is 5.56 Å². The third-order valence-corrected chi connectivity index (χ3v) is 4.15. The fourth-order valence-electron chi connectivity index (χ4n) is 2.72. The van der Waals surface area contributed by atoms with Gasteiger partial charge in [0, 0.05) is 5.56 Å². The summed E-state index contributed by atoms with van der Waals surface area (Å²) in [6, 6.07) is 9.82. The van der Waals surface area contributed by atoms with Gasteiger partial charge in [-0.2, -0.15) is 0 Å². The second kappa shape index (κ2) is 8.42. The summed E-state index contributed by atoms with van der Waals surface area (Å²) >= 11 is 0. The third kappa shape index (κ3) is 4.34. The van der Waals surface area contributed by atoms with Crippen LogP contribution in [-0.4, -0.2) is 43.5 Å². The maximum atomic E-state index is 13.6. The summed E-state index contributed by atoms with van der Waals surface area (Å²) in [6.07, 6.45) is 1.43. The molecule has 1 aliphatic heterocycles. The minimum absolute atomic E-state index is 0.0276. The van der Waals surface area contributed by atoms with Crippen molar-refractivity contribution in [3.63, 3.8) is 0 Å². The molecule has 3 rings (SSSR count). The fourth-order valence-corrected chi connectivity index (χ4v) is 2.72. The van der Waals surface area contributed by atoms with E-state index >= 15 is 0 Å². The zero-order valence-corrected chi connectivity index (χ0v) is 15.7. The van der Waals surface area contributed by atoms with Crippen LogP contribution >= 0.6 is 0 Å². The van der Waals surface area contributed by atoms with Gasteiger partial charge in [0.05, 0.1) is 19.9 Å². The third-order valence-electron chi connectivity index (χ3n) is 4.15. The second-order valence-electron chi connectivity index (χ2n) is 6.02. The number of para-hydroxylation sites is 1. The van der Waals surface area contributed by atoms with Crippen LogP contribution < -0.4 is 20.1 Å². The first-order valence-corrected chi connectivity index (χ1v) is 8.54. The number of halogens is 1. The van der Waals surface area contributed by atoms with E-state index in [-0.39, 0.29) is 11.4 Å². The summed E-state index contributed by atoms with van der Waals surface area (Å²) < 4.78 is 24.1. The molecule has 0 saturated carbocycles. The fraction of sp³-hybridized carbons (Fsp3) is 0.150. The van der Waals surface area contributed by atoms with Gasteiger partial charge in [0.1, 0.15) is 29.6 Å². The molecule has 0 spiro atoms. The molecule has 1 fully saturated rings. The first-order chi connectivity index (χ1) is 13.9. The average Bonchev–Trinajstić information content (AvgIpc) is 2.97. The molecule has 0 aromatic heterocycles. The standard InChI is InChI=1S/C20H18FN3O5/c1-28-13-7-8-17(29-2)12(9-13)10-16-19(26)24(20(27)23-16)11-18(25)22-15-6-4-3-5-14(15)21/h3-10H,11H2,1-2H3,(H,22,25)(H,23,27)/b16-10+. The van der Waals surface area contributed by atoms with Crippen LogP contribution in [-0.2, 0) is 9.59 Å². The van der Waals surface area contributed by atoms with E-state index in [4.69, 9.17) is 9.47 Å². The van der Waals surface area contributed by atoms with Crippen molar-refractivity contribution < 1.29 is 28.2 Å². The van der Waals surface area contributed by atoms with Crippen LogP contribution in [0.15, 0.2) is 48.2 Å². The normalized spacial score (nSPS) is 14.7. The predicted molar refractivity (Wildman–Crippen MR) is 103 cm³/mol. The molecule has 8 nitrogen and oxygen atoms in total. The molecule has 0 aliphatic carbocycles. The molecule has 1 saturated heterocycles. The second-order valence-corrected chi connectivity index (χ2v) is 6.02. The first-order valence-electron chi connectivity index (χ1n) is 8.54. The van der Waals surface area contributed by atoms with E-state index in [9.17, 15) is 18.8 Å². The van der Waals surface area contributed by atoms with Gasteiger partial charge in [0.25, 0.3) is 5.91 Å². The number of rotatable bonds is 6. The summed E-state index contributed by atoms with van der Waals surface area (Å²) in [5.41, 5.74) is 0.440. The lowest BCUT2D eigenvalue weighted by atomic mass is 10.1. The lowest BCUT2D eigenvalue weighted by molar-refractivity contribution is -0.127. The van der Waals surface area contributed by atoms with Crippen LogP contribution in [0.5, 0.6) is 11.5 Å². The van der Waals surface area contributed by atoms with E-state index in [0.717, 1.165) is 4.90 Å². The minimum Gasteiger partial charge on any atom is -0.497 e. The number of methoxy groups -OCH3 is 2. The molecule has 0 bridgehead atoms. The van der Waals surface area contributed by atoms with Gasteiger partial charge in [-0.15, -0.1) is 0 Å². The summed E-state index contributed by atoms with van der Waals surface area (Å²) in [6.45, 7) is -0.564. The van der Waals surface area contributed by atoms with Gasteiger partial charge in [-0.3, -0.25) is 9.59 Å². The minimum atomic E-state index is -0.758. The molecule has 1 aliphatic rings. The van der Waals surface area contributed by atoms with Crippen molar-refractivity contribution in [1.82, 2.24) is 10.2 Å². The number of hydrogen-bond acceptors (Lipinski definition) is 5. The molecule has 29 heavy (non-hydrogen) atoms. The van der Waals surface area contributed by atoms with Crippen molar-refractivity contribution in [3.8, 4) is 11.5 Å². The maximum absolute atomic E-state index is 13.6. The van der Waals surface area contributed by atoms with Crippen molar-refractivity contribution in [2.45, 2.75) is 0 Å². The molecule has 1 heterocycles. The molecular weight excluding hydrogens is 381 g/mol. The molecule has 2 N–H and O–H groups in total. The molecule has 0 radical (unpaired) electrons. The number of hydrogen-bond donors (Lipinski definition) is 2. The Bertz CT molecular complexity index is 1010. The molecule has 2 aromatic rings. The molecule has 150 valence electrons. The topological polar surface area (TPSA) is 97.0 Å². The Balaban J connectivity index is 1.77. The van der Waals surface area contributed by atoms with E-state index in [1.807, 2.05) is 0 Å². The number of anilines is 1. The summed E-state index contributed by atoms with van der Waals surface area (Å²) in [5, 5.41) is 4.75. The van der Waals surface area contributed by atoms with E-state index in [1.54, 1.807) is 24.3 Å². The number of urea groups is 1. The molecule has 2 aromatic carbocycles. The number of benzene rings is 2. The monoisotopic (exact) mass is 399 g/mol. The summed E-state index contributed by atoms with van der Waals surface area (Å²) in [5.74, 6) is -1.02. The average molecular weight is 399 g/mol. The van der Waals surface area contributed by atoms with Gasteiger partial charge in [0.15, 0.2) is 0 Å². The number of imide groups is 1. The SMILES string of the molecule is COc1ccc(OC)c(/C=C2/NC(=O)N(CC(=O)Nc3ccccc3F)C2=O)c1. The van der Waals surface area contributed by atoms with Crippen molar-refractivity contribution >= 4 is 29.6 Å². The Kier molecular flexibility index (Phi) is 5.77. The van der Waals surface area contributed by atoms with E-state index in [0.29, 0.717) is 17.1 Å². The number of nitrogens with one attached hydrogen (secondary N) is 2. The molecule has 0 atom stereocenters. The van der Waals surface area contributed by atoms with E-state index in [1.165, 1.54) is 38.5 Å². The van der Waals surface area contributed by atoms with Crippen LogP contribution in [0.3, 0.4) is 0 Å². The molecule has 9 heteroatoms. The highest BCUT2D eigenvalue weighted by molar-refractivity contribution is 6.16. The molecule has 4 amide bonds. The Morgan fingerprint density at radius 3 is 2.62 bits per heavy atom. The Morgan fingerprint density at radius 1 is 1.17 bits per heavy atom. The van der Waals surface area contributed by atoms with Gasteiger partial charge >= 0.3 is 6.03 Å². The maximum Gasteiger partial charge on any atom is 0.329 e. The lowest BCUT2D eigenvalue weighted by Gasteiger charge is -2.12. The number of nitrogens with zero attached hydrogens (tertiary/aromatic N) is 1. The van der Waals surface area contributed by atoms with Crippen LogP contribution in [0, 0.1) is 5.82 Å². The van der Waals surface area contributed by atoms with E-state index in [2.05, 4.69) is 10.6 Å². The van der Waals surface area contributed by atoms with Crippen molar-refractivity contribution in [2.24, 2.45) is 0 Å². The van der Waals surface area contributed by atoms with Crippen molar-refractivity contribution in [3.05, 3.63) is 59.5 Å². The van der Waals surface area contributed by atoms with E-state index < -0.39 is 30.2 Å². The quantitative estimate of drug-likeness (QED) is 0.574.